The monoisotopic (exact) mass is 186 g/mol. The van der Waals surface area contributed by atoms with Gasteiger partial charge in [0.2, 0.25) is 11.5 Å². The van der Waals surface area contributed by atoms with Crippen LogP contribution in [-0.2, 0) is 5.41 Å². The van der Waals surface area contributed by atoms with E-state index in [1.165, 1.54) is 0 Å². The van der Waals surface area contributed by atoms with E-state index >= 15 is 0 Å². The summed E-state index contributed by atoms with van der Waals surface area (Å²) in [4.78, 5) is 0. The van der Waals surface area contributed by atoms with E-state index in [0.29, 0.717) is 0 Å². The van der Waals surface area contributed by atoms with Crippen molar-refractivity contribution < 1.29 is 19.7 Å². The Labute approximate surface area is 76.4 Å². The van der Waals surface area contributed by atoms with Crippen LogP contribution >= 0.6 is 0 Å². The van der Waals surface area contributed by atoms with Crippen molar-refractivity contribution in [3.8, 4) is 17.4 Å². The van der Waals surface area contributed by atoms with Crippen molar-refractivity contribution in [1.82, 2.24) is 0 Å². The Morgan fingerprint density at radius 1 is 1.15 bits per heavy atom. The zero-order valence-corrected chi connectivity index (χ0v) is 7.96. The zero-order valence-electron chi connectivity index (χ0n) is 7.96. The van der Waals surface area contributed by atoms with Crippen molar-refractivity contribution in [1.29, 1.82) is 0 Å². The Bertz CT molecular complexity index is 312. The maximum Gasteiger partial charge on any atom is 0.330 e. The van der Waals surface area contributed by atoms with Gasteiger partial charge in [0.25, 0.3) is 0 Å². The molecule has 0 atom stereocenters. The van der Waals surface area contributed by atoms with Crippen molar-refractivity contribution in [2.75, 3.05) is 0 Å². The Morgan fingerprint density at radius 3 is 2.00 bits per heavy atom. The molecule has 0 amide bonds. The Kier molecular flexibility index (Phi) is 2.15. The van der Waals surface area contributed by atoms with Crippen molar-refractivity contribution in [3.63, 3.8) is 0 Å². The zero-order chi connectivity index (χ0) is 10.2. The average molecular weight is 186 g/mol. The fraction of sp³-hybridized carbons (Fsp3) is 0.556. The molecule has 0 bridgehead atoms. The second-order valence-electron chi connectivity index (χ2n) is 3.67. The first-order chi connectivity index (χ1) is 5.90. The molecule has 0 aliphatic heterocycles. The maximum absolute atomic E-state index is 9.38. The summed E-state index contributed by atoms with van der Waals surface area (Å²) in [7, 11) is 0. The first kappa shape index (κ1) is 9.77. The molecule has 1 heterocycles. The van der Waals surface area contributed by atoms with Crippen LogP contribution < -0.4 is 0 Å². The third-order valence-electron chi connectivity index (χ3n) is 2.34. The summed E-state index contributed by atoms with van der Waals surface area (Å²) in [5, 5.41) is 27.5. The van der Waals surface area contributed by atoms with E-state index in [0.717, 1.165) is 6.42 Å². The molecule has 0 saturated heterocycles. The molecule has 0 aliphatic carbocycles. The average Bonchev–Trinajstić information content (AvgIpc) is 2.33. The summed E-state index contributed by atoms with van der Waals surface area (Å²) in [6.45, 7) is 5.63. The molecule has 13 heavy (non-hydrogen) atoms. The van der Waals surface area contributed by atoms with Crippen LogP contribution in [0.4, 0.5) is 0 Å². The maximum atomic E-state index is 9.38. The predicted octanol–water partition coefficient (Wildman–Crippen LogP) is 2.08. The van der Waals surface area contributed by atoms with Gasteiger partial charge in [0.15, 0.2) is 5.76 Å². The van der Waals surface area contributed by atoms with Gasteiger partial charge < -0.3 is 19.7 Å². The van der Waals surface area contributed by atoms with Gasteiger partial charge in [-0.1, -0.05) is 20.8 Å². The summed E-state index contributed by atoms with van der Waals surface area (Å²) < 4.78 is 4.86. The van der Waals surface area contributed by atoms with E-state index in [4.69, 9.17) is 14.6 Å². The molecule has 4 heteroatoms. The largest absolute Gasteiger partial charge is 0.502 e. The number of aromatic hydroxyl groups is 3. The summed E-state index contributed by atoms with van der Waals surface area (Å²) in [6.07, 6.45) is 0.729. The fourth-order valence-corrected chi connectivity index (χ4v) is 1.02. The highest BCUT2D eigenvalue weighted by molar-refractivity contribution is 5.48. The van der Waals surface area contributed by atoms with Crippen LogP contribution in [0, 0.1) is 0 Å². The van der Waals surface area contributed by atoms with Crippen LogP contribution in [-0.4, -0.2) is 15.3 Å². The topological polar surface area (TPSA) is 73.8 Å². The molecule has 74 valence electrons. The van der Waals surface area contributed by atoms with Crippen molar-refractivity contribution in [3.05, 3.63) is 5.76 Å². The standard InChI is InChI=1S/C9H14O4/c1-4-9(2,3)7-5(10)6(11)8(12)13-7/h10-12H,4H2,1-3H3. The highest BCUT2D eigenvalue weighted by Crippen LogP contribution is 2.46. The van der Waals surface area contributed by atoms with E-state index in [-0.39, 0.29) is 11.5 Å². The van der Waals surface area contributed by atoms with E-state index in [1.54, 1.807) is 0 Å². The van der Waals surface area contributed by atoms with Crippen LogP contribution in [0.15, 0.2) is 4.42 Å². The molecule has 1 aromatic rings. The van der Waals surface area contributed by atoms with E-state index in [9.17, 15) is 5.11 Å². The third-order valence-corrected chi connectivity index (χ3v) is 2.34. The van der Waals surface area contributed by atoms with Gasteiger partial charge in [-0.2, -0.15) is 0 Å². The molecule has 1 aromatic heterocycles. The van der Waals surface area contributed by atoms with Crippen molar-refractivity contribution in [2.45, 2.75) is 32.6 Å². The van der Waals surface area contributed by atoms with E-state index < -0.39 is 17.1 Å². The van der Waals surface area contributed by atoms with Gasteiger partial charge >= 0.3 is 5.95 Å². The molecule has 0 fully saturated rings. The van der Waals surface area contributed by atoms with Crippen LogP contribution in [0.5, 0.6) is 17.4 Å². The van der Waals surface area contributed by atoms with Crippen LogP contribution in [0.2, 0.25) is 0 Å². The lowest BCUT2D eigenvalue weighted by molar-refractivity contribution is 0.271. The van der Waals surface area contributed by atoms with E-state index in [2.05, 4.69) is 0 Å². The van der Waals surface area contributed by atoms with Crippen molar-refractivity contribution in [2.24, 2.45) is 0 Å². The second kappa shape index (κ2) is 2.87. The van der Waals surface area contributed by atoms with Crippen LogP contribution in [0.25, 0.3) is 0 Å². The molecular formula is C9H14O4. The normalized spacial score (nSPS) is 11.9. The van der Waals surface area contributed by atoms with Gasteiger partial charge in [0.05, 0.1) is 0 Å². The molecule has 1 rings (SSSR count). The van der Waals surface area contributed by atoms with E-state index in [1.807, 2.05) is 20.8 Å². The third kappa shape index (κ3) is 1.43. The van der Waals surface area contributed by atoms with Gasteiger partial charge in [-0.3, -0.25) is 0 Å². The Balaban J connectivity index is 3.23. The minimum absolute atomic E-state index is 0.213. The lowest BCUT2D eigenvalue weighted by Gasteiger charge is -2.19. The van der Waals surface area contributed by atoms with Gasteiger partial charge in [0.1, 0.15) is 0 Å². The number of hydrogen-bond donors (Lipinski definition) is 3. The highest BCUT2D eigenvalue weighted by Gasteiger charge is 2.30. The Hall–Kier alpha value is -1.32. The molecular weight excluding hydrogens is 172 g/mol. The fourth-order valence-electron chi connectivity index (χ4n) is 1.02. The summed E-state index contributed by atoms with van der Waals surface area (Å²) in [5.41, 5.74) is -0.400. The number of furan rings is 1. The second-order valence-corrected chi connectivity index (χ2v) is 3.67. The first-order valence-electron chi connectivity index (χ1n) is 4.14. The molecule has 0 aliphatic rings. The predicted molar refractivity (Wildman–Crippen MR) is 47.0 cm³/mol. The molecule has 0 unspecified atom stereocenters. The lowest BCUT2D eigenvalue weighted by atomic mass is 9.87. The lowest BCUT2D eigenvalue weighted by Crippen LogP contribution is -2.14. The van der Waals surface area contributed by atoms with Crippen LogP contribution in [0.3, 0.4) is 0 Å². The molecule has 4 nitrogen and oxygen atoms in total. The van der Waals surface area contributed by atoms with Crippen LogP contribution in [0.1, 0.15) is 33.0 Å². The summed E-state index contributed by atoms with van der Waals surface area (Å²) in [6, 6.07) is 0. The first-order valence-corrected chi connectivity index (χ1v) is 4.14. The molecule has 0 saturated carbocycles. The summed E-state index contributed by atoms with van der Waals surface area (Å²) >= 11 is 0. The smallest absolute Gasteiger partial charge is 0.330 e. The minimum atomic E-state index is -0.631. The SMILES string of the molecule is CCC(C)(C)c1oc(O)c(O)c1O. The van der Waals surface area contributed by atoms with Gasteiger partial charge in [-0.05, 0) is 6.42 Å². The Morgan fingerprint density at radius 2 is 1.69 bits per heavy atom. The highest BCUT2D eigenvalue weighted by atomic mass is 16.5. The van der Waals surface area contributed by atoms with Gasteiger partial charge in [0, 0.05) is 5.41 Å². The number of hydrogen-bond acceptors (Lipinski definition) is 4. The van der Waals surface area contributed by atoms with Gasteiger partial charge in [-0.25, -0.2) is 0 Å². The molecule has 0 radical (unpaired) electrons. The minimum Gasteiger partial charge on any atom is -0.502 e. The summed E-state index contributed by atoms with van der Waals surface area (Å²) in [5.74, 6) is -1.38. The van der Waals surface area contributed by atoms with Crippen molar-refractivity contribution >= 4 is 0 Å². The molecule has 0 spiro atoms. The number of rotatable bonds is 2. The quantitative estimate of drug-likeness (QED) is 0.661. The molecule has 0 aromatic carbocycles. The van der Waals surface area contributed by atoms with Gasteiger partial charge in [-0.15, -0.1) is 0 Å². The molecule has 3 N–H and O–H groups in total.